The fraction of sp³-hybridized carbons (Fsp3) is 0.333. The highest BCUT2D eigenvalue weighted by molar-refractivity contribution is 7.09. The quantitative estimate of drug-likeness (QED) is 0.418. The lowest BCUT2D eigenvalue weighted by molar-refractivity contribution is -0.119. The number of piperazine rings is 1. The molecule has 0 spiro atoms. The highest BCUT2D eigenvalue weighted by Gasteiger charge is 2.24. The molecule has 0 radical (unpaired) electrons. The van der Waals surface area contributed by atoms with Crippen LogP contribution in [-0.2, 0) is 11.2 Å². The summed E-state index contributed by atoms with van der Waals surface area (Å²) in [6, 6.07) is 8.24. The summed E-state index contributed by atoms with van der Waals surface area (Å²) >= 11 is 8.14. The maximum absolute atomic E-state index is 12.4. The summed E-state index contributed by atoms with van der Waals surface area (Å²) < 4.78 is 0. The number of aromatic amines is 1. The number of H-pyrrole nitrogens is 1. The number of aromatic nitrogens is 4. The molecule has 1 saturated heterocycles. The largest absolute Gasteiger partial charge is 0.378 e. The highest BCUT2D eigenvalue weighted by atomic mass is 35.5. The zero-order valence-corrected chi connectivity index (χ0v) is 20.7. The van der Waals surface area contributed by atoms with E-state index in [0.29, 0.717) is 23.6 Å². The first-order chi connectivity index (χ1) is 16.5. The molecule has 34 heavy (non-hydrogen) atoms. The molecule has 0 atom stereocenters. The Kier molecular flexibility index (Phi) is 6.49. The van der Waals surface area contributed by atoms with Crippen molar-refractivity contribution in [3.63, 3.8) is 0 Å². The van der Waals surface area contributed by atoms with Crippen LogP contribution in [0.1, 0.15) is 5.01 Å². The second-order valence-electron chi connectivity index (χ2n) is 8.58. The Morgan fingerprint density at radius 2 is 1.91 bits per heavy atom. The minimum atomic E-state index is 0.200. The SMILES string of the molecule is CN(C)c1ccc(-c2nc3ncc(Cl)c(N4CCN(CC(=O)Cc5nccs5)CC4)c3[nH]2)cc1. The van der Waals surface area contributed by atoms with Gasteiger partial charge in [0.15, 0.2) is 11.4 Å². The Balaban J connectivity index is 1.31. The number of pyridine rings is 1. The number of nitrogens with one attached hydrogen (secondary N) is 1. The first kappa shape index (κ1) is 22.8. The number of carbonyl (C=O) groups excluding carboxylic acids is 1. The van der Waals surface area contributed by atoms with E-state index in [0.717, 1.165) is 59.5 Å². The molecule has 1 N–H and O–H groups in total. The van der Waals surface area contributed by atoms with E-state index in [1.165, 1.54) is 11.3 Å². The number of Topliss-reactive ketones (excluding diaryl/α,β-unsaturated/α-hetero) is 1. The van der Waals surface area contributed by atoms with Gasteiger partial charge in [-0.05, 0) is 24.3 Å². The Morgan fingerprint density at radius 3 is 2.59 bits per heavy atom. The fourth-order valence-electron chi connectivity index (χ4n) is 4.23. The number of imidazole rings is 1. The monoisotopic (exact) mass is 495 g/mol. The molecule has 0 bridgehead atoms. The van der Waals surface area contributed by atoms with Crippen molar-refractivity contribution in [2.75, 3.05) is 56.6 Å². The Labute approximate surface area is 207 Å². The molecule has 4 aromatic rings. The zero-order chi connectivity index (χ0) is 23.7. The van der Waals surface area contributed by atoms with Crippen molar-refractivity contribution in [2.24, 2.45) is 0 Å². The van der Waals surface area contributed by atoms with E-state index in [1.54, 1.807) is 12.4 Å². The van der Waals surface area contributed by atoms with Crippen LogP contribution in [0.25, 0.3) is 22.6 Å². The van der Waals surface area contributed by atoms with E-state index in [9.17, 15) is 4.79 Å². The number of fused-ring (bicyclic) bond motifs is 1. The third kappa shape index (κ3) is 4.77. The zero-order valence-electron chi connectivity index (χ0n) is 19.2. The first-order valence-corrected chi connectivity index (χ1v) is 12.4. The predicted octanol–water partition coefficient (Wildman–Crippen LogP) is 3.73. The van der Waals surface area contributed by atoms with Crippen molar-refractivity contribution in [1.29, 1.82) is 0 Å². The maximum atomic E-state index is 12.4. The molecule has 176 valence electrons. The Hall–Kier alpha value is -3.01. The van der Waals surface area contributed by atoms with Crippen molar-refractivity contribution in [3.05, 3.63) is 52.1 Å². The van der Waals surface area contributed by atoms with Crippen LogP contribution < -0.4 is 9.80 Å². The van der Waals surface area contributed by atoms with Crippen molar-refractivity contribution >= 4 is 51.3 Å². The van der Waals surface area contributed by atoms with Gasteiger partial charge in [0, 0.05) is 63.1 Å². The van der Waals surface area contributed by atoms with E-state index in [4.69, 9.17) is 16.6 Å². The average molecular weight is 496 g/mol. The molecule has 3 aromatic heterocycles. The van der Waals surface area contributed by atoms with Crippen molar-refractivity contribution in [2.45, 2.75) is 6.42 Å². The van der Waals surface area contributed by atoms with Gasteiger partial charge in [0.2, 0.25) is 0 Å². The first-order valence-electron chi connectivity index (χ1n) is 11.2. The third-order valence-electron chi connectivity index (χ3n) is 6.03. The molecular weight excluding hydrogens is 470 g/mol. The number of anilines is 2. The number of nitrogens with zero attached hydrogens (tertiary/aromatic N) is 6. The van der Waals surface area contributed by atoms with Gasteiger partial charge in [-0.25, -0.2) is 15.0 Å². The van der Waals surface area contributed by atoms with Crippen molar-refractivity contribution in [3.8, 4) is 11.4 Å². The topological polar surface area (TPSA) is 81.2 Å². The van der Waals surface area contributed by atoms with Gasteiger partial charge in [0.25, 0.3) is 0 Å². The molecule has 4 heterocycles. The predicted molar refractivity (Wildman–Crippen MR) is 138 cm³/mol. The van der Waals surface area contributed by atoms with Gasteiger partial charge in [-0.1, -0.05) is 11.6 Å². The van der Waals surface area contributed by atoms with Crippen LogP contribution in [0.2, 0.25) is 5.02 Å². The lowest BCUT2D eigenvalue weighted by Gasteiger charge is -2.36. The second kappa shape index (κ2) is 9.69. The highest BCUT2D eigenvalue weighted by Crippen LogP contribution is 2.34. The second-order valence-corrected chi connectivity index (χ2v) is 9.97. The summed E-state index contributed by atoms with van der Waals surface area (Å²) in [6.07, 6.45) is 3.81. The summed E-state index contributed by atoms with van der Waals surface area (Å²) in [5.74, 6) is 0.967. The van der Waals surface area contributed by atoms with E-state index in [2.05, 4.69) is 53.9 Å². The normalized spacial score (nSPS) is 14.6. The lowest BCUT2D eigenvalue weighted by atomic mass is 10.2. The molecule has 0 aliphatic carbocycles. The molecule has 5 rings (SSSR count). The third-order valence-corrected chi connectivity index (χ3v) is 7.08. The number of ketones is 1. The molecule has 1 fully saturated rings. The van der Waals surface area contributed by atoms with Crippen LogP contribution in [0.4, 0.5) is 11.4 Å². The molecule has 0 amide bonds. The van der Waals surface area contributed by atoms with Gasteiger partial charge >= 0.3 is 0 Å². The smallest absolute Gasteiger partial charge is 0.180 e. The molecule has 1 aliphatic rings. The number of thiazole rings is 1. The summed E-state index contributed by atoms with van der Waals surface area (Å²) in [5.41, 5.74) is 4.53. The Bertz CT molecular complexity index is 1280. The molecule has 1 aromatic carbocycles. The Morgan fingerprint density at radius 1 is 1.15 bits per heavy atom. The number of rotatable bonds is 7. The van der Waals surface area contributed by atoms with E-state index >= 15 is 0 Å². The molecule has 0 saturated carbocycles. The minimum Gasteiger partial charge on any atom is -0.378 e. The summed E-state index contributed by atoms with van der Waals surface area (Å²) in [6.45, 7) is 3.57. The van der Waals surface area contributed by atoms with E-state index in [-0.39, 0.29) is 5.78 Å². The van der Waals surface area contributed by atoms with Crippen LogP contribution in [0.3, 0.4) is 0 Å². The fourth-order valence-corrected chi connectivity index (χ4v) is 5.14. The molecule has 10 heteroatoms. The van der Waals surface area contributed by atoms with Gasteiger partial charge in [0.05, 0.1) is 34.9 Å². The van der Waals surface area contributed by atoms with Crippen LogP contribution in [0.15, 0.2) is 42.0 Å². The van der Waals surface area contributed by atoms with Gasteiger partial charge in [-0.15, -0.1) is 11.3 Å². The van der Waals surface area contributed by atoms with Gasteiger partial charge in [-0.2, -0.15) is 0 Å². The van der Waals surface area contributed by atoms with Crippen LogP contribution >= 0.6 is 22.9 Å². The standard InChI is InChI=1S/C24H26ClN7OS/c1-30(2)17-5-3-16(4-6-17)23-28-21-22(19(25)14-27-24(21)29-23)32-10-8-31(9-11-32)15-18(33)13-20-26-7-12-34-20/h3-7,12,14H,8-11,13,15H2,1-2H3,(H,27,28,29). The molecular formula is C24H26ClN7OS. The van der Waals surface area contributed by atoms with Crippen LogP contribution in [0, 0.1) is 0 Å². The van der Waals surface area contributed by atoms with Crippen molar-refractivity contribution < 1.29 is 4.79 Å². The summed E-state index contributed by atoms with van der Waals surface area (Å²) in [4.78, 5) is 35.8. The van der Waals surface area contributed by atoms with Crippen LogP contribution in [0.5, 0.6) is 0 Å². The van der Waals surface area contributed by atoms with Gasteiger partial charge < -0.3 is 14.8 Å². The average Bonchev–Trinajstić information content (AvgIpc) is 3.50. The summed E-state index contributed by atoms with van der Waals surface area (Å²) in [7, 11) is 4.04. The number of carbonyl (C=O) groups is 1. The lowest BCUT2D eigenvalue weighted by Crippen LogP contribution is -2.48. The molecule has 8 nitrogen and oxygen atoms in total. The molecule has 0 unspecified atom stereocenters. The maximum Gasteiger partial charge on any atom is 0.180 e. The number of halogens is 1. The van der Waals surface area contributed by atoms with Gasteiger partial charge in [0.1, 0.15) is 11.3 Å². The van der Waals surface area contributed by atoms with E-state index in [1.807, 2.05) is 19.5 Å². The van der Waals surface area contributed by atoms with Gasteiger partial charge in [-0.3, -0.25) is 9.69 Å². The number of hydrogen-bond donors (Lipinski definition) is 1. The number of benzene rings is 1. The summed E-state index contributed by atoms with van der Waals surface area (Å²) in [5, 5.41) is 3.38. The van der Waals surface area contributed by atoms with Crippen LogP contribution in [-0.4, -0.2) is 77.4 Å². The molecule has 1 aliphatic heterocycles. The van der Waals surface area contributed by atoms with Crippen molar-refractivity contribution in [1.82, 2.24) is 24.8 Å². The number of hydrogen-bond acceptors (Lipinski definition) is 8. The van der Waals surface area contributed by atoms with E-state index < -0.39 is 0 Å². The minimum absolute atomic E-state index is 0.200.